The molecule has 1 heterocycles. The van der Waals surface area contributed by atoms with Crippen LogP contribution in [-0.4, -0.2) is 25.6 Å². The summed E-state index contributed by atoms with van der Waals surface area (Å²) >= 11 is 0. The molecule has 0 spiro atoms. The van der Waals surface area contributed by atoms with E-state index >= 15 is 0 Å². The second-order valence-corrected chi connectivity index (χ2v) is 5.68. The molecule has 1 aliphatic heterocycles. The summed E-state index contributed by atoms with van der Waals surface area (Å²) in [4.78, 5) is 2.42. The summed E-state index contributed by atoms with van der Waals surface area (Å²) in [6.07, 6.45) is 2.04. The van der Waals surface area contributed by atoms with Gasteiger partial charge in [0.15, 0.2) is 0 Å². The Balaban J connectivity index is 0.00000132. The third-order valence-electron chi connectivity index (χ3n) is 4.47. The van der Waals surface area contributed by atoms with Crippen molar-refractivity contribution in [3.05, 3.63) is 59.2 Å². The Labute approximate surface area is 161 Å². The second-order valence-electron chi connectivity index (χ2n) is 5.68. The van der Waals surface area contributed by atoms with Crippen LogP contribution in [0.3, 0.4) is 0 Å². The lowest BCUT2D eigenvalue weighted by Gasteiger charge is -2.35. The summed E-state index contributed by atoms with van der Waals surface area (Å²) in [7, 11) is 3.86. The lowest BCUT2D eigenvalue weighted by Crippen LogP contribution is -2.33. The van der Waals surface area contributed by atoms with Crippen molar-refractivity contribution in [2.24, 2.45) is 0 Å². The largest absolute Gasteiger partial charge is 0.495 e. The van der Waals surface area contributed by atoms with Gasteiger partial charge in [-0.15, -0.1) is 36.4 Å². The topological polar surface area (TPSA) is 38.5 Å². The van der Waals surface area contributed by atoms with Crippen LogP contribution >= 0.6 is 36.4 Å². The second kappa shape index (κ2) is 8.76. The molecular weight excluding hydrogens is 423 g/mol. The van der Waals surface area contributed by atoms with Gasteiger partial charge in [0.2, 0.25) is 0 Å². The molecule has 3 rings (SSSR count). The average molecular weight is 447 g/mol. The number of hydrogen-bond acceptors (Lipinski definition) is 3. The highest BCUT2D eigenvalue weighted by molar-refractivity contribution is 14.0. The first-order valence-corrected chi connectivity index (χ1v) is 7.40. The van der Waals surface area contributed by atoms with E-state index in [2.05, 4.69) is 42.3 Å². The van der Waals surface area contributed by atoms with E-state index in [-0.39, 0.29) is 36.4 Å². The van der Waals surface area contributed by atoms with Gasteiger partial charge in [-0.1, -0.05) is 36.4 Å². The van der Waals surface area contributed by atoms with Crippen molar-refractivity contribution in [1.82, 2.24) is 4.90 Å². The molecule has 0 amide bonds. The molecule has 0 aromatic heterocycles. The summed E-state index contributed by atoms with van der Waals surface area (Å²) in [5.41, 5.74) is 11.0. The summed E-state index contributed by atoms with van der Waals surface area (Å²) in [5.74, 6) is 0.763. The molecule has 1 unspecified atom stereocenters. The Morgan fingerprint density at radius 1 is 1.17 bits per heavy atom. The SMILES string of the molecule is COc1cccc(CC2c3ccccc3CCN2C)c1N.Cl.I. The number of anilines is 1. The lowest BCUT2D eigenvalue weighted by molar-refractivity contribution is 0.229. The number of nitrogens with two attached hydrogens (primary N) is 1. The van der Waals surface area contributed by atoms with Crippen molar-refractivity contribution in [3.8, 4) is 5.75 Å². The molecule has 2 aromatic rings. The van der Waals surface area contributed by atoms with Crippen molar-refractivity contribution in [2.75, 3.05) is 26.4 Å². The third kappa shape index (κ3) is 4.11. The van der Waals surface area contributed by atoms with Gasteiger partial charge in [-0.3, -0.25) is 4.90 Å². The van der Waals surface area contributed by atoms with Crippen molar-refractivity contribution in [2.45, 2.75) is 18.9 Å². The Morgan fingerprint density at radius 3 is 2.65 bits per heavy atom. The molecule has 5 heteroatoms. The molecule has 0 radical (unpaired) electrons. The van der Waals surface area contributed by atoms with E-state index in [9.17, 15) is 0 Å². The average Bonchev–Trinajstić information content (AvgIpc) is 2.52. The number of para-hydroxylation sites is 1. The van der Waals surface area contributed by atoms with Crippen LogP contribution < -0.4 is 10.5 Å². The Hall–Kier alpha value is -0.980. The minimum Gasteiger partial charge on any atom is -0.495 e. The highest BCUT2D eigenvalue weighted by Crippen LogP contribution is 2.34. The van der Waals surface area contributed by atoms with Crippen LogP contribution in [0.25, 0.3) is 0 Å². The molecule has 126 valence electrons. The fourth-order valence-corrected chi connectivity index (χ4v) is 3.20. The van der Waals surface area contributed by atoms with Crippen LogP contribution in [-0.2, 0) is 12.8 Å². The zero-order valence-corrected chi connectivity index (χ0v) is 16.6. The summed E-state index contributed by atoms with van der Waals surface area (Å²) < 4.78 is 5.33. The Bertz CT molecular complexity index is 651. The number of hydrogen-bond donors (Lipinski definition) is 1. The van der Waals surface area contributed by atoms with Crippen LogP contribution in [0.15, 0.2) is 42.5 Å². The number of nitrogen functional groups attached to an aromatic ring is 1. The number of rotatable bonds is 3. The van der Waals surface area contributed by atoms with Gasteiger partial charge in [0.05, 0.1) is 12.8 Å². The van der Waals surface area contributed by atoms with Gasteiger partial charge < -0.3 is 10.5 Å². The fraction of sp³-hybridized carbons (Fsp3) is 0.333. The van der Waals surface area contributed by atoms with Gasteiger partial charge in [-0.25, -0.2) is 0 Å². The molecule has 1 aliphatic rings. The molecule has 1 atom stereocenters. The zero-order chi connectivity index (χ0) is 14.8. The maximum atomic E-state index is 6.23. The normalized spacial score (nSPS) is 16.7. The van der Waals surface area contributed by atoms with E-state index in [0.29, 0.717) is 6.04 Å². The lowest BCUT2D eigenvalue weighted by atomic mass is 9.88. The molecular formula is C18H24ClIN2O. The van der Waals surface area contributed by atoms with Gasteiger partial charge in [0.25, 0.3) is 0 Å². The van der Waals surface area contributed by atoms with Crippen LogP contribution in [0, 0.1) is 0 Å². The number of likely N-dealkylation sites (N-methyl/N-ethyl adjacent to an activating group) is 1. The number of ether oxygens (including phenoxy) is 1. The Kier molecular flexibility index (Phi) is 7.64. The number of fused-ring (bicyclic) bond motifs is 1. The smallest absolute Gasteiger partial charge is 0.142 e. The van der Waals surface area contributed by atoms with Gasteiger partial charge in [-0.2, -0.15) is 0 Å². The number of halogens is 2. The van der Waals surface area contributed by atoms with Crippen molar-refractivity contribution < 1.29 is 4.74 Å². The molecule has 0 bridgehead atoms. The van der Waals surface area contributed by atoms with E-state index in [1.807, 2.05) is 12.1 Å². The van der Waals surface area contributed by atoms with Gasteiger partial charge in [0.1, 0.15) is 5.75 Å². The maximum absolute atomic E-state index is 6.23. The van der Waals surface area contributed by atoms with Gasteiger partial charge >= 0.3 is 0 Å². The molecule has 0 aliphatic carbocycles. The predicted molar refractivity (Wildman–Crippen MR) is 109 cm³/mol. The van der Waals surface area contributed by atoms with E-state index in [1.54, 1.807) is 7.11 Å². The number of methoxy groups -OCH3 is 1. The molecule has 2 N–H and O–H groups in total. The minimum atomic E-state index is 0. The van der Waals surface area contributed by atoms with E-state index in [4.69, 9.17) is 10.5 Å². The predicted octanol–water partition coefficient (Wildman–Crippen LogP) is 4.09. The third-order valence-corrected chi connectivity index (χ3v) is 4.47. The van der Waals surface area contributed by atoms with Gasteiger partial charge in [0, 0.05) is 12.6 Å². The van der Waals surface area contributed by atoms with Crippen molar-refractivity contribution >= 4 is 42.1 Å². The highest BCUT2D eigenvalue weighted by atomic mass is 127. The fourth-order valence-electron chi connectivity index (χ4n) is 3.20. The van der Waals surface area contributed by atoms with Crippen molar-refractivity contribution in [1.29, 1.82) is 0 Å². The monoisotopic (exact) mass is 446 g/mol. The molecule has 23 heavy (non-hydrogen) atoms. The molecule has 0 saturated heterocycles. The first kappa shape index (κ1) is 20.1. The highest BCUT2D eigenvalue weighted by Gasteiger charge is 2.25. The first-order valence-electron chi connectivity index (χ1n) is 7.40. The standard InChI is InChI=1S/C18H22N2O.ClH.HI/c1-20-11-10-13-6-3-4-8-15(13)16(20)12-14-7-5-9-17(21-2)18(14)19;;/h3-9,16H,10-12,19H2,1-2H3;2*1H. The van der Waals surface area contributed by atoms with Crippen molar-refractivity contribution in [3.63, 3.8) is 0 Å². The van der Waals surface area contributed by atoms with E-state index in [1.165, 1.54) is 11.1 Å². The van der Waals surface area contributed by atoms with Crippen LogP contribution in [0.4, 0.5) is 5.69 Å². The number of nitrogens with zero attached hydrogens (tertiary/aromatic N) is 1. The summed E-state index contributed by atoms with van der Waals surface area (Å²) in [6, 6.07) is 15.1. The maximum Gasteiger partial charge on any atom is 0.142 e. The molecule has 0 saturated carbocycles. The van der Waals surface area contributed by atoms with Gasteiger partial charge in [-0.05, 0) is 42.6 Å². The first-order chi connectivity index (χ1) is 10.2. The van der Waals surface area contributed by atoms with Crippen LogP contribution in [0.1, 0.15) is 22.7 Å². The zero-order valence-electron chi connectivity index (χ0n) is 13.5. The van der Waals surface area contributed by atoms with Crippen LogP contribution in [0.2, 0.25) is 0 Å². The minimum absolute atomic E-state index is 0. The van der Waals surface area contributed by atoms with Crippen LogP contribution in [0.5, 0.6) is 5.75 Å². The summed E-state index contributed by atoms with van der Waals surface area (Å²) in [5, 5.41) is 0. The number of benzene rings is 2. The summed E-state index contributed by atoms with van der Waals surface area (Å²) in [6.45, 7) is 1.09. The Morgan fingerprint density at radius 2 is 1.91 bits per heavy atom. The van der Waals surface area contributed by atoms with E-state index < -0.39 is 0 Å². The molecule has 3 nitrogen and oxygen atoms in total. The quantitative estimate of drug-likeness (QED) is 0.570. The molecule has 0 fully saturated rings. The molecule has 2 aromatic carbocycles. The van der Waals surface area contributed by atoms with E-state index in [0.717, 1.165) is 36.4 Å².